The van der Waals surface area contributed by atoms with Gasteiger partial charge in [0.25, 0.3) is 0 Å². The SMILES string of the molecule is CC/C=C\C/C=C\C/C=C\C/C=C\CCCCCCCCCCC(=O)OCC(COC(=O)CCCCCCC/C=C\CCCCC)OC(=O)CCCCCCC/C=C\C/C=C\CCCCCC. The van der Waals surface area contributed by atoms with E-state index in [4.69, 9.17) is 14.2 Å². The lowest BCUT2D eigenvalue weighted by Crippen LogP contribution is -2.30. The Morgan fingerprint density at radius 3 is 0.955 bits per heavy atom. The molecule has 0 aliphatic heterocycles. The Morgan fingerprint density at radius 1 is 0.313 bits per heavy atom. The van der Waals surface area contributed by atoms with E-state index in [0.29, 0.717) is 19.3 Å². The minimum absolute atomic E-state index is 0.0891. The molecule has 0 aliphatic rings. The molecule has 0 rings (SSSR count). The van der Waals surface area contributed by atoms with Crippen LogP contribution in [0.15, 0.2) is 85.1 Å². The van der Waals surface area contributed by atoms with Crippen LogP contribution >= 0.6 is 0 Å². The van der Waals surface area contributed by atoms with Crippen LogP contribution in [0.3, 0.4) is 0 Å². The van der Waals surface area contributed by atoms with Gasteiger partial charge in [-0.2, -0.15) is 0 Å². The number of ether oxygens (including phenoxy) is 3. The molecule has 0 aliphatic carbocycles. The van der Waals surface area contributed by atoms with Crippen LogP contribution in [0.5, 0.6) is 0 Å². The molecule has 0 aromatic carbocycles. The molecule has 0 N–H and O–H groups in total. The van der Waals surface area contributed by atoms with Gasteiger partial charge in [0, 0.05) is 19.3 Å². The van der Waals surface area contributed by atoms with Crippen molar-refractivity contribution in [2.45, 2.75) is 271 Å². The van der Waals surface area contributed by atoms with Gasteiger partial charge in [0.1, 0.15) is 13.2 Å². The van der Waals surface area contributed by atoms with Crippen LogP contribution < -0.4 is 0 Å². The van der Waals surface area contributed by atoms with Crippen LogP contribution in [0.25, 0.3) is 0 Å². The zero-order chi connectivity index (χ0) is 48.6. The van der Waals surface area contributed by atoms with E-state index in [0.717, 1.165) is 122 Å². The lowest BCUT2D eigenvalue weighted by molar-refractivity contribution is -0.167. The van der Waals surface area contributed by atoms with Crippen molar-refractivity contribution in [3.8, 4) is 0 Å². The van der Waals surface area contributed by atoms with E-state index in [1.165, 1.54) is 103 Å². The van der Waals surface area contributed by atoms with Crippen molar-refractivity contribution in [3.63, 3.8) is 0 Å². The molecule has 0 saturated carbocycles. The molecule has 6 heteroatoms. The number of carbonyl (C=O) groups is 3. The van der Waals surface area contributed by atoms with Gasteiger partial charge in [-0.25, -0.2) is 0 Å². The number of unbranched alkanes of at least 4 members (excludes halogenated alkanes) is 25. The maximum absolute atomic E-state index is 12.8. The number of esters is 3. The molecule has 0 aromatic heterocycles. The summed E-state index contributed by atoms with van der Waals surface area (Å²) in [5.74, 6) is -0.916. The zero-order valence-electron chi connectivity index (χ0n) is 43.9. The predicted molar refractivity (Wildman–Crippen MR) is 288 cm³/mol. The van der Waals surface area contributed by atoms with Gasteiger partial charge in [0.2, 0.25) is 0 Å². The summed E-state index contributed by atoms with van der Waals surface area (Å²) in [4.78, 5) is 38.1. The van der Waals surface area contributed by atoms with Crippen LogP contribution in [-0.4, -0.2) is 37.2 Å². The van der Waals surface area contributed by atoms with E-state index in [9.17, 15) is 14.4 Å². The smallest absolute Gasteiger partial charge is 0.306 e. The second-order valence-corrected chi connectivity index (χ2v) is 18.5. The molecule has 6 nitrogen and oxygen atoms in total. The van der Waals surface area contributed by atoms with E-state index in [2.05, 4.69) is 106 Å². The molecule has 0 aromatic rings. The fraction of sp³-hybridized carbons (Fsp3) is 0.721. The molecule has 0 radical (unpaired) electrons. The Hall–Kier alpha value is -3.41. The Bertz CT molecular complexity index is 1300. The van der Waals surface area contributed by atoms with E-state index in [1.807, 2.05) is 0 Å². The molecule has 0 fully saturated rings. The van der Waals surface area contributed by atoms with Gasteiger partial charge in [-0.1, -0.05) is 215 Å². The third-order valence-electron chi connectivity index (χ3n) is 11.9. The molecule has 0 heterocycles. The van der Waals surface area contributed by atoms with Gasteiger partial charge in [-0.3, -0.25) is 14.4 Å². The fourth-order valence-corrected chi connectivity index (χ4v) is 7.63. The maximum atomic E-state index is 12.8. The second-order valence-electron chi connectivity index (χ2n) is 18.5. The van der Waals surface area contributed by atoms with E-state index in [-0.39, 0.29) is 31.1 Å². The summed E-state index contributed by atoms with van der Waals surface area (Å²) in [5, 5.41) is 0. The zero-order valence-corrected chi connectivity index (χ0v) is 43.9. The van der Waals surface area contributed by atoms with Crippen molar-refractivity contribution in [3.05, 3.63) is 85.1 Å². The van der Waals surface area contributed by atoms with Gasteiger partial charge in [-0.05, 0) is 116 Å². The van der Waals surface area contributed by atoms with Crippen LogP contribution in [0, 0.1) is 0 Å². The largest absolute Gasteiger partial charge is 0.462 e. The molecule has 384 valence electrons. The first-order valence-electron chi connectivity index (χ1n) is 28.1. The standard InChI is InChI=1S/C61H104O6/c1-4-7-10-13-16-19-22-25-27-29-30-31-32-33-35-36-39-42-45-48-51-54-60(63)66-57-58(56-65-59(62)53-50-47-44-41-38-24-21-18-15-12-9-6-3)67-61(64)55-52-49-46-43-40-37-34-28-26-23-20-17-14-11-8-5-2/h7,10,16,18-21,23,25,27-28,30-31,34,58H,4-6,8-9,11-15,17,22,24,26,29,32-33,35-57H2,1-3H3/b10-7-,19-16-,21-18-,23-20-,27-25-,31-30-,34-28-. The Kier molecular flexibility index (Phi) is 52.4. The van der Waals surface area contributed by atoms with Crippen molar-refractivity contribution < 1.29 is 28.6 Å². The first-order chi connectivity index (χ1) is 33.0. The number of rotatable bonds is 50. The Balaban J connectivity index is 4.39. The predicted octanol–water partition coefficient (Wildman–Crippen LogP) is 18.8. The van der Waals surface area contributed by atoms with Crippen molar-refractivity contribution >= 4 is 17.9 Å². The molecule has 0 bridgehead atoms. The minimum Gasteiger partial charge on any atom is -0.462 e. The van der Waals surface area contributed by atoms with Gasteiger partial charge >= 0.3 is 17.9 Å². The number of carbonyl (C=O) groups excluding carboxylic acids is 3. The number of allylic oxidation sites excluding steroid dienone is 14. The van der Waals surface area contributed by atoms with Crippen molar-refractivity contribution in [2.24, 2.45) is 0 Å². The fourth-order valence-electron chi connectivity index (χ4n) is 7.63. The summed E-state index contributed by atoms with van der Waals surface area (Å²) < 4.78 is 16.8. The Labute approximate surface area is 414 Å². The minimum atomic E-state index is -0.791. The molecule has 0 saturated heterocycles. The van der Waals surface area contributed by atoms with Gasteiger partial charge < -0.3 is 14.2 Å². The highest BCUT2D eigenvalue weighted by molar-refractivity contribution is 5.71. The van der Waals surface area contributed by atoms with Crippen LogP contribution in [0.4, 0.5) is 0 Å². The summed E-state index contributed by atoms with van der Waals surface area (Å²) >= 11 is 0. The lowest BCUT2D eigenvalue weighted by Gasteiger charge is -2.18. The van der Waals surface area contributed by atoms with E-state index in [1.54, 1.807) is 0 Å². The lowest BCUT2D eigenvalue weighted by atomic mass is 10.1. The molecular formula is C61H104O6. The van der Waals surface area contributed by atoms with Crippen LogP contribution in [-0.2, 0) is 28.6 Å². The third-order valence-corrected chi connectivity index (χ3v) is 11.9. The van der Waals surface area contributed by atoms with Crippen molar-refractivity contribution in [1.29, 1.82) is 0 Å². The maximum Gasteiger partial charge on any atom is 0.306 e. The average Bonchev–Trinajstić information content (AvgIpc) is 3.33. The number of hydrogen-bond donors (Lipinski definition) is 0. The van der Waals surface area contributed by atoms with Gasteiger partial charge in [0.15, 0.2) is 6.10 Å². The highest BCUT2D eigenvalue weighted by atomic mass is 16.6. The molecule has 0 amide bonds. The summed E-state index contributed by atoms with van der Waals surface area (Å²) in [6, 6.07) is 0. The first-order valence-corrected chi connectivity index (χ1v) is 28.1. The van der Waals surface area contributed by atoms with Crippen molar-refractivity contribution in [1.82, 2.24) is 0 Å². The Morgan fingerprint density at radius 2 is 0.582 bits per heavy atom. The van der Waals surface area contributed by atoms with E-state index >= 15 is 0 Å². The summed E-state index contributed by atoms with van der Waals surface area (Å²) in [6.45, 7) is 6.47. The molecule has 1 atom stereocenters. The topological polar surface area (TPSA) is 78.9 Å². The number of hydrogen-bond acceptors (Lipinski definition) is 6. The molecule has 67 heavy (non-hydrogen) atoms. The monoisotopic (exact) mass is 933 g/mol. The summed E-state index contributed by atoms with van der Waals surface area (Å²) in [7, 11) is 0. The molecular weight excluding hydrogens is 829 g/mol. The average molecular weight is 933 g/mol. The highest BCUT2D eigenvalue weighted by Crippen LogP contribution is 2.14. The second kappa shape index (κ2) is 55.2. The van der Waals surface area contributed by atoms with Crippen LogP contribution in [0.1, 0.15) is 265 Å². The highest BCUT2D eigenvalue weighted by Gasteiger charge is 2.19. The quantitative estimate of drug-likeness (QED) is 0.0262. The van der Waals surface area contributed by atoms with Crippen molar-refractivity contribution in [2.75, 3.05) is 13.2 Å². The third kappa shape index (κ3) is 53.4. The van der Waals surface area contributed by atoms with Gasteiger partial charge in [0.05, 0.1) is 0 Å². The summed E-state index contributed by atoms with van der Waals surface area (Å²) in [6.07, 6.45) is 71.4. The normalized spacial score (nSPS) is 12.7. The van der Waals surface area contributed by atoms with Crippen LogP contribution in [0.2, 0.25) is 0 Å². The van der Waals surface area contributed by atoms with E-state index < -0.39 is 6.10 Å². The molecule has 1 unspecified atom stereocenters. The van der Waals surface area contributed by atoms with Gasteiger partial charge in [-0.15, -0.1) is 0 Å². The summed E-state index contributed by atoms with van der Waals surface area (Å²) in [5.41, 5.74) is 0. The first kappa shape index (κ1) is 63.6. The molecule has 0 spiro atoms.